The molecule has 0 saturated heterocycles. The van der Waals surface area contributed by atoms with E-state index in [1.54, 1.807) is 44.2 Å². The molecular formula is C27H29ClN4O6S. The molecule has 0 spiro atoms. The number of nitrogens with zero attached hydrogens (tertiary/aromatic N) is 3. The lowest BCUT2D eigenvalue weighted by molar-refractivity contribution is -0.384. The van der Waals surface area contributed by atoms with Crippen LogP contribution in [0, 0.1) is 10.1 Å². The SMILES string of the molecule is CCNC(=O)C(CC)N(Cc1ccc(Cl)cc1)C(=O)CN(c1cccc([N+](=O)[O-])c1)S(=O)(=O)c1ccccc1. The predicted octanol–water partition coefficient (Wildman–Crippen LogP) is 4.39. The van der Waals surface area contributed by atoms with Crippen LogP contribution >= 0.6 is 11.6 Å². The zero-order valence-corrected chi connectivity index (χ0v) is 23.1. The van der Waals surface area contributed by atoms with Gasteiger partial charge in [-0.25, -0.2) is 8.42 Å². The van der Waals surface area contributed by atoms with Gasteiger partial charge in [0.2, 0.25) is 11.8 Å². The number of hydrogen-bond donors (Lipinski definition) is 1. The minimum atomic E-state index is -4.32. The Morgan fingerprint density at radius 1 is 1.00 bits per heavy atom. The highest BCUT2D eigenvalue weighted by molar-refractivity contribution is 7.92. The summed E-state index contributed by atoms with van der Waals surface area (Å²) < 4.78 is 28.3. The standard InChI is InChI=1S/C27H29ClN4O6S/c1-3-25(27(34)29-4-2)30(18-20-13-15-21(28)16-14-20)26(33)19-31(22-9-8-10-23(17-22)32(35)36)39(37,38)24-11-6-5-7-12-24/h5-17,25H,3-4,18-19H2,1-2H3,(H,29,34). The Balaban J connectivity index is 2.08. The van der Waals surface area contributed by atoms with E-state index in [9.17, 15) is 28.1 Å². The number of sulfonamides is 1. The van der Waals surface area contributed by atoms with Crippen molar-refractivity contribution < 1.29 is 22.9 Å². The largest absolute Gasteiger partial charge is 0.355 e. The Morgan fingerprint density at radius 3 is 2.26 bits per heavy atom. The molecule has 1 unspecified atom stereocenters. The Morgan fingerprint density at radius 2 is 1.67 bits per heavy atom. The number of nitro benzene ring substituents is 1. The van der Waals surface area contributed by atoms with Crippen molar-refractivity contribution in [2.75, 3.05) is 17.4 Å². The van der Waals surface area contributed by atoms with Crippen molar-refractivity contribution in [3.63, 3.8) is 0 Å². The molecule has 0 heterocycles. The summed E-state index contributed by atoms with van der Waals surface area (Å²) in [5, 5.41) is 14.7. The van der Waals surface area contributed by atoms with Gasteiger partial charge in [0.05, 0.1) is 15.5 Å². The van der Waals surface area contributed by atoms with Crippen molar-refractivity contribution in [3.05, 3.63) is 99.6 Å². The Labute approximate surface area is 232 Å². The number of anilines is 1. The van der Waals surface area contributed by atoms with E-state index >= 15 is 0 Å². The molecule has 3 aromatic carbocycles. The van der Waals surface area contributed by atoms with Gasteiger partial charge < -0.3 is 10.2 Å². The summed E-state index contributed by atoms with van der Waals surface area (Å²) in [4.78, 5) is 38.8. The van der Waals surface area contributed by atoms with Crippen LogP contribution in [0.25, 0.3) is 0 Å². The van der Waals surface area contributed by atoms with Crippen molar-refractivity contribution in [3.8, 4) is 0 Å². The Bertz CT molecular complexity index is 1420. The summed E-state index contributed by atoms with van der Waals surface area (Å²) in [5.74, 6) is -1.04. The number of nitro groups is 1. The maximum atomic E-state index is 13.9. The van der Waals surface area contributed by atoms with E-state index in [0.29, 0.717) is 17.1 Å². The van der Waals surface area contributed by atoms with E-state index in [-0.39, 0.29) is 35.1 Å². The second kappa shape index (κ2) is 13.2. The van der Waals surface area contributed by atoms with Crippen molar-refractivity contribution in [1.82, 2.24) is 10.2 Å². The van der Waals surface area contributed by atoms with Gasteiger partial charge in [0.1, 0.15) is 12.6 Å². The smallest absolute Gasteiger partial charge is 0.271 e. The van der Waals surface area contributed by atoms with Crippen LogP contribution < -0.4 is 9.62 Å². The highest BCUT2D eigenvalue weighted by Crippen LogP contribution is 2.28. The minimum Gasteiger partial charge on any atom is -0.355 e. The van der Waals surface area contributed by atoms with Gasteiger partial charge in [0, 0.05) is 30.2 Å². The molecule has 3 aromatic rings. The fourth-order valence-electron chi connectivity index (χ4n) is 4.01. The number of hydrogen-bond acceptors (Lipinski definition) is 6. The molecule has 12 heteroatoms. The number of rotatable bonds is 12. The molecule has 0 aliphatic carbocycles. The first kappa shape index (κ1) is 29.6. The monoisotopic (exact) mass is 572 g/mol. The van der Waals surface area contributed by atoms with E-state index < -0.39 is 33.4 Å². The average Bonchev–Trinajstić information content (AvgIpc) is 2.93. The first-order valence-corrected chi connectivity index (χ1v) is 14.0. The summed E-state index contributed by atoms with van der Waals surface area (Å²) in [6, 6.07) is 18.4. The lowest BCUT2D eigenvalue weighted by Gasteiger charge is -2.33. The third-order valence-corrected chi connectivity index (χ3v) is 7.98. The van der Waals surface area contributed by atoms with E-state index in [1.807, 2.05) is 0 Å². The summed E-state index contributed by atoms with van der Waals surface area (Å²) in [5.41, 5.74) is 0.294. The van der Waals surface area contributed by atoms with Crippen molar-refractivity contribution in [2.24, 2.45) is 0 Å². The number of nitrogens with one attached hydrogen (secondary N) is 1. The van der Waals surface area contributed by atoms with Gasteiger partial charge in [-0.3, -0.25) is 24.0 Å². The Hall–Kier alpha value is -3.96. The molecule has 3 rings (SSSR count). The molecule has 1 N–H and O–H groups in total. The fourth-order valence-corrected chi connectivity index (χ4v) is 5.56. The fraction of sp³-hybridized carbons (Fsp3) is 0.259. The number of carbonyl (C=O) groups is 2. The number of carbonyl (C=O) groups excluding carboxylic acids is 2. The van der Waals surface area contributed by atoms with Gasteiger partial charge >= 0.3 is 0 Å². The molecule has 0 aromatic heterocycles. The highest BCUT2D eigenvalue weighted by atomic mass is 35.5. The normalized spacial score (nSPS) is 11.9. The van der Waals surface area contributed by atoms with Crippen molar-refractivity contribution >= 4 is 44.8 Å². The zero-order valence-electron chi connectivity index (χ0n) is 21.5. The third-order valence-electron chi connectivity index (χ3n) is 5.94. The third kappa shape index (κ3) is 7.33. The zero-order chi connectivity index (χ0) is 28.6. The predicted molar refractivity (Wildman–Crippen MR) is 149 cm³/mol. The van der Waals surface area contributed by atoms with Gasteiger partial charge in [-0.15, -0.1) is 0 Å². The molecule has 39 heavy (non-hydrogen) atoms. The van der Waals surface area contributed by atoms with Gasteiger partial charge in [-0.05, 0) is 49.2 Å². The van der Waals surface area contributed by atoms with E-state index in [0.717, 1.165) is 10.4 Å². The quantitative estimate of drug-likeness (QED) is 0.253. The lowest BCUT2D eigenvalue weighted by Crippen LogP contribution is -2.52. The van der Waals surface area contributed by atoms with Crippen molar-refractivity contribution in [2.45, 2.75) is 37.8 Å². The first-order chi connectivity index (χ1) is 18.6. The molecule has 0 fully saturated rings. The van der Waals surface area contributed by atoms with Gasteiger partial charge in [-0.2, -0.15) is 0 Å². The van der Waals surface area contributed by atoms with Crippen molar-refractivity contribution in [1.29, 1.82) is 0 Å². The number of likely N-dealkylation sites (N-methyl/N-ethyl adjacent to an activating group) is 1. The minimum absolute atomic E-state index is 0.0137. The molecule has 0 bridgehead atoms. The van der Waals surface area contributed by atoms with Gasteiger partial charge in [0.25, 0.3) is 15.7 Å². The molecule has 1 atom stereocenters. The molecule has 2 amide bonds. The average molecular weight is 573 g/mol. The summed E-state index contributed by atoms with van der Waals surface area (Å²) in [6.45, 7) is 3.18. The van der Waals surface area contributed by atoms with E-state index in [2.05, 4.69) is 5.32 Å². The second-order valence-corrected chi connectivity index (χ2v) is 10.9. The summed E-state index contributed by atoms with van der Waals surface area (Å²) in [6.07, 6.45) is 0.271. The van der Waals surface area contributed by atoms with Crippen LogP contribution in [0.5, 0.6) is 0 Å². The van der Waals surface area contributed by atoms with Crippen LogP contribution in [0.2, 0.25) is 5.02 Å². The van der Waals surface area contributed by atoms with E-state index in [4.69, 9.17) is 11.6 Å². The maximum absolute atomic E-state index is 13.9. The molecular weight excluding hydrogens is 544 g/mol. The number of halogens is 1. The van der Waals surface area contributed by atoms with Crippen LogP contribution in [0.15, 0.2) is 83.8 Å². The molecule has 0 aliphatic heterocycles. The second-order valence-electron chi connectivity index (χ2n) is 8.57. The number of non-ortho nitro benzene ring substituents is 1. The van der Waals surface area contributed by atoms with Gasteiger partial charge in [-0.1, -0.05) is 54.9 Å². The molecule has 0 radical (unpaired) electrons. The molecule has 0 saturated carbocycles. The molecule has 206 valence electrons. The summed E-state index contributed by atoms with van der Waals surface area (Å²) in [7, 11) is -4.32. The van der Waals surface area contributed by atoms with Crippen LogP contribution in [0.3, 0.4) is 0 Å². The lowest BCUT2D eigenvalue weighted by atomic mass is 10.1. The molecule has 10 nitrogen and oxygen atoms in total. The Kier molecular flexibility index (Phi) is 10.0. The van der Waals surface area contributed by atoms with Gasteiger partial charge in [0.15, 0.2) is 0 Å². The summed E-state index contributed by atoms with van der Waals surface area (Å²) >= 11 is 6.01. The number of amides is 2. The maximum Gasteiger partial charge on any atom is 0.271 e. The van der Waals surface area contributed by atoms with Crippen LogP contribution in [0.4, 0.5) is 11.4 Å². The first-order valence-electron chi connectivity index (χ1n) is 12.2. The van der Waals surface area contributed by atoms with Crippen LogP contribution in [0.1, 0.15) is 25.8 Å². The highest BCUT2D eigenvalue weighted by Gasteiger charge is 2.34. The number of benzene rings is 3. The van der Waals surface area contributed by atoms with Crippen LogP contribution in [-0.2, 0) is 26.2 Å². The van der Waals surface area contributed by atoms with Crippen LogP contribution in [-0.4, -0.2) is 49.2 Å². The molecule has 0 aliphatic rings. The van der Waals surface area contributed by atoms with E-state index in [1.165, 1.54) is 47.4 Å². The topological polar surface area (TPSA) is 130 Å².